The van der Waals surface area contributed by atoms with Crippen molar-refractivity contribution >= 4 is 23.4 Å². The van der Waals surface area contributed by atoms with Crippen LogP contribution in [0.2, 0.25) is 0 Å². The van der Waals surface area contributed by atoms with Crippen LogP contribution in [0.5, 0.6) is 0 Å². The van der Waals surface area contributed by atoms with Gasteiger partial charge in [0.1, 0.15) is 0 Å². The molecule has 2 rings (SSSR count). The molecule has 1 saturated heterocycles. The van der Waals surface area contributed by atoms with E-state index in [1.165, 1.54) is 26.4 Å². The van der Waals surface area contributed by atoms with Crippen molar-refractivity contribution in [3.05, 3.63) is 0 Å². The topological polar surface area (TPSA) is 44.8 Å². The summed E-state index contributed by atoms with van der Waals surface area (Å²) in [6.45, 7) is 3.85. The molecule has 0 aromatic rings. The van der Waals surface area contributed by atoms with Crippen LogP contribution in [0.25, 0.3) is 0 Å². The number of amides is 1. The first-order valence-electron chi connectivity index (χ1n) is 6.08. The Balaban J connectivity index is 1.74. The molecular weight excluding hydrogens is 238 g/mol. The smallest absolute Gasteiger partial charge is 0.413 e. The van der Waals surface area contributed by atoms with Crippen molar-refractivity contribution in [3.63, 3.8) is 0 Å². The standard InChI is InChI=1S/C11H19N3O2S/c1-16-11(15)12-10(17)14-7-5-13(6-8-14)9-3-2-4-9/h9H,2-8H2,1H3,(H,12,15,17). The molecule has 6 heteroatoms. The maximum atomic E-state index is 11.0. The highest BCUT2D eigenvalue weighted by molar-refractivity contribution is 7.80. The molecule has 0 atom stereocenters. The minimum absolute atomic E-state index is 0.477. The van der Waals surface area contributed by atoms with E-state index >= 15 is 0 Å². The normalized spacial score (nSPS) is 21.8. The van der Waals surface area contributed by atoms with Gasteiger partial charge in [-0.2, -0.15) is 0 Å². The highest BCUT2D eigenvalue weighted by Crippen LogP contribution is 2.25. The number of piperazine rings is 1. The number of methoxy groups -OCH3 is 1. The summed E-state index contributed by atoms with van der Waals surface area (Å²) < 4.78 is 4.52. The van der Waals surface area contributed by atoms with E-state index in [0.29, 0.717) is 5.11 Å². The van der Waals surface area contributed by atoms with Crippen molar-refractivity contribution in [2.45, 2.75) is 25.3 Å². The Hall–Kier alpha value is -0.880. The Bertz CT molecular complexity index is 299. The van der Waals surface area contributed by atoms with Crippen LogP contribution in [-0.2, 0) is 4.74 Å². The van der Waals surface area contributed by atoms with Gasteiger partial charge in [-0.05, 0) is 25.1 Å². The zero-order valence-corrected chi connectivity index (χ0v) is 11.0. The third-order valence-corrected chi connectivity index (χ3v) is 3.95. The van der Waals surface area contributed by atoms with E-state index in [2.05, 4.69) is 15.0 Å². The molecule has 1 amide bonds. The van der Waals surface area contributed by atoms with Crippen LogP contribution >= 0.6 is 12.2 Å². The van der Waals surface area contributed by atoms with E-state index in [9.17, 15) is 4.79 Å². The third kappa shape index (κ3) is 3.07. The van der Waals surface area contributed by atoms with Crippen LogP contribution in [-0.4, -0.2) is 60.3 Å². The number of alkyl carbamates (subject to hydrolysis) is 1. The van der Waals surface area contributed by atoms with Gasteiger partial charge in [0.25, 0.3) is 0 Å². The molecule has 0 aromatic heterocycles. The summed E-state index contributed by atoms with van der Waals surface area (Å²) >= 11 is 5.16. The van der Waals surface area contributed by atoms with Crippen LogP contribution in [0.4, 0.5) is 4.79 Å². The van der Waals surface area contributed by atoms with Gasteiger partial charge in [0.05, 0.1) is 7.11 Å². The molecular formula is C11H19N3O2S. The lowest BCUT2D eigenvalue weighted by Gasteiger charge is -2.43. The number of rotatable bonds is 1. The van der Waals surface area contributed by atoms with Crippen LogP contribution < -0.4 is 5.32 Å². The number of carbonyl (C=O) groups excluding carboxylic acids is 1. The summed E-state index contributed by atoms with van der Waals surface area (Å²) in [6.07, 6.45) is 3.56. The zero-order chi connectivity index (χ0) is 12.3. The summed E-state index contributed by atoms with van der Waals surface area (Å²) in [5.41, 5.74) is 0. The molecule has 0 bridgehead atoms. The van der Waals surface area contributed by atoms with E-state index < -0.39 is 6.09 Å². The highest BCUT2D eigenvalue weighted by Gasteiger charge is 2.28. The highest BCUT2D eigenvalue weighted by atomic mass is 32.1. The summed E-state index contributed by atoms with van der Waals surface area (Å²) in [7, 11) is 1.34. The Morgan fingerprint density at radius 3 is 2.41 bits per heavy atom. The zero-order valence-electron chi connectivity index (χ0n) is 10.1. The fourth-order valence-corrected chi connectivity index (χ4v) is 2.53. The molecule has 0 unspecified atom stereocenters. The Morgan fingerprint density at radius 1 is 1.29 bits per heavy atom. The van der Waals surface area contributed by atoms with E-state index in [1.807, 2.05) is 4.90 Å². The van der Waals surface area contributed by atoms with Gasteiger partial charge in [-0.1, -0.05) is 6.42 Å². The number of nitrogens with one attached hydrogen (secondary N) is 1. The Labute approximate surface area is 107 Å². The Kier molecular flexibility index (Phi) is 4.17. The lowest BCUT2D eigenvalue weighted by Crippen LogP contribution is -2.55. The first kappa shape index (κ1) is 12.6. The van der Waals surface area contributed by atoms with Gasteiger partial charge < -0.3 is 9.64 Å². The number of carbonyl (C=O) groups is 1. The van der Waals surface area contributed by atoms with Crippen LogP contribution in [0.3, 0.4) is 0 Å². The molecule has 0 spiro atoms. The summed E-state index contributed by atoms with van der Waals surface area (Å²) in [5, 5.41) is 3.03. The van der Waals surface area contributed by atoms with E-state index in [-0.39, 0.29) is 0 Å². The van der Waals surface area contributed by atoms with Crippen molar-refractivity contribution in [2.24, 2.45) is 0 Å². The van der Waals surface area contributed by atoms with Gasteiger partial charge in [0, 0.05) is 32.2 Å². The molecule has 0 radical (unpaired) electrons. The number of hydrogen-bond acceptors (Lipinski definition) is 4. The molecule has 2 fully saturated rings. The Morgan fingerprint density at radius 2 is 1.94 bits per heavy atom. The average Bonchev–Trinajstić information content (AvgIpc) is 2.27. The second kappa shape index (κ2) is 5.64. The van der Waals surface area contributed by atoms with Crippen molar-refractivity contribution < 1.29 is 9.53 Å². The van der Waals surface area contributed by atoms with Gasteiger partial charge >= 0.3 is 6.09 Å². The van der Waals surface area contributed by atoms with Gasteiger partial charge in [-0.25, -0.2) is 4.79 Å². The van der Waals surface area contributed by atoms with Crippen molar-refractivity contribution in [1.29, 1.82) is 0 Å². The molecule has 96 valence electrons. The lowest BCUT2D eigenvalue weighted by atomic mass is 9.91. The molecule has 1 N–H and O–H groups in total. The minimum atomic E-state index is -0.489. The number of ether oxygens (including phenoxy) is 1. The van der Waals surface area contributed by atoms with Gasteiger partial charge in [0.15, 0.2) is 5.11 Å². The van der Waals surface area contributed by atoms with E-state index in [1.54, 1.807) is 0 Å². The quantitative estimate of drug-likeness (QED) is 0.704. The van der Waals surface area contributed by atoms with E-state index in [4.69, 9.17) is 12.2 Å². The minimum Gasteiger partial charge on any atom is -0.453 e. The first-order valence-corrected chi connectivity index (χ1v) is 6.49. The molecule has 5 nitrogen and oxygen atoms in total. The summed E-state index contributed by atoms with van der Waals surface area (Å²) in [4.78, 5) is 15.6. The fraction of sp³-hybridized carbons (Fsp3) is 0.818. The first-order chi connectivity index (χ1) is 8.20. The van der Waals surface area contributed by atoms with Crippen LogP contribution in [0.1, 0.15) is 19.3 Å². The lowest BCUT2D eigenvalue weighted by molar-refractivity contribution is 0.0849. The molecule has 1 saturated carbocycles. The predicted molar refractivity (Wildman–Crippen MR) is 68.9 cm³/mol. The SMILES string of the molecule is COC(=O)NC(=S)N1CCN(C2CCC2)CC1. The van der Waals surface area contributed by atoms with Gasteiger partial charge in [0.2, 0.25) is 0 Å². The van der Waals surface area contributed by atoms with Crippen LogP contribution in [0, 0.1) is 0 Å². The van der Waals surface area contributed by atoms with Crippen molar-refractivity contribution in [3.8, 4) is 0 Å². The number of hydrogen-bond donors (Lipinski definition) is 1. The van der Waals surface area contributed by atoms with E-state index in [0.717, 1.165) is 32.2 Å². The molecule has 17 heavy (non-hydrogen) atoms. The van der Waals surface area contributed by atoms with Gasteiger partial charge in [-0.3, -0.25) is 10.2 Å². The van der Waals surface area contributed by atoms with Crippen LogP contribution in [0.15, 0.2) is 0 Å². The molecule has 2 aliphatic rings. The average molecular weight is 257 g/mol. The number of nitrogens with zero attached hydrogens (tertiary/aromatic N) is 2. The monoisotopic (exact) mass is 257 g/mol. The summed E-state index contributed by atoms with van der Waals surface area (Å²) in [5.74, 6) is 0. The molecule has 1 aliphatic carbocycles. The third-order valence-electron chi connectivity index (χ3n) is 3.59. The summed E-state index contributed by atoms with van der Waals surface area (Å²) in [6, 6.07) is 0.791. The van der Waals surface area contributed by atoms with Gasteiger partial charge in [-0.15, -0.1) is 0 Å². The maximum Gasteiger partial charge on any atom is 0.413 e. The maximum absolute atomic E-state index is 11.0. The molecule has 1 heterocycles. The molecule has 1 aliphatic heterocycles. The fourth-order valence-electron chi connectivity index (χ4n) is 2.26. The largest absolute Gasteiger partial charge is 0.453 e. The van der Waals surface area contributed by atoms with Crippen molar-refractivity contribution in [1.82, 2.24) is 15.1 Å². The second-order valence-corrected chi connectivity index (χ2v) is 4.92. The number of thiocarbonyl (C=S) groups is 1. The molecule has 0 aromatic carbocycles. The predicted octanol–water partition coefficient (Wildman–Crippen LogP) is 0.797. The second-order valence-electron chi connectivity index (χ2n) is 4.53. The van der Waals surface area contributed by atoms with Crippen molar-refractivity contribution in [2.75, 3.05) is 33.3 Å².